The van der Waals surface area contributed by atoms with Gasteiger partial charge in [0, 0.05) is 38.7 Å². The fraction of sp³-hybridized carbons (Fsp3) is 0.444. The van der Waals surface area contributed by atoms with E-state index >= 15 is 0 Å². The van der Waals surface area contributed by atoms with E-state index in [9.17, 15) is 14.4 Å². The summed E-state index contributed by atoms with van der Waals surface area (Å²) in [5, 5.41) is 3.61. The van der Waals surface area contributed by atoms with Crippen LogP contribution in [0, 0.1) is 0 Å². The second kappa shape index (κ2) is 13.3. The molecule has 11 heteroatoms. The van der Waals surface area contributed by atoms with Gasteiger partial charge in [-0.15, -0.1) is 0 Å². The topological polar surface area (TPSA) is 108 Å². The van der Waals surface area contributed by atoms with Crippen LogP contribution in [0.1, 0.15) is 24.8 Å². The number of ether oxygens (including phenoxy) is 1. The molecule has 0 atom stereocenters. The predicted molar refractivity (Wildman–Crippen MR) is 149 cm³/mol. The van der Waals surface area contributed by atoms with Gasteiger partial charge >= 0.3 is 0 Å². The summed E-state index contributed by atoms with van der Waals surface area (Å²) >= 11 is 12.5. The van der Waals surface area contributed by atoms with Crippen LogP contribution in [0.2, 0.25) is 10.0 Å². The van der Waals surface area contributed by atoms with Crippen LogP contribution in [0.3, 0.4) is 0 Å². The van der Waals surface area contributed by atoms with Crippen molar-refractivity contribution >= 4 is 52.3 Å². The zero-order valence-corrected chi connectivity index (χ0v) is 22.8. The fourth-order valence-electron chi connectivity index (χ4n) is 4.72. The quantitative estimate of drug-likeness (QED) is 0.429. The molecule has 2 aromatic rings. The SMILES string of the molecule is NCC(=O)NCC(=O)N1C(=O)CCc2ccc(OCCCCN3CCN(c4cccc(Cl)c4Cl)CC3)cc21. The van der Waals surface area contributed by atoms with Crippen molar-refractivity contribution < 1.29 is 19.1 Å². The third kappa shape index (κ3) is 6.96. The van der Waals surface area contributed by atoms with Crippen molar-refractivity contribution in [1.82, 2.24) is 10.2 Å². The third-order valence-electron chi connectivity index (χ3n) is 6.81. The van der Waals surface area contributed by atoms with E-state index in [1.54, 1.807) is 12.1 Å². The smallest absolute Gasteiger partial charge is 0.253 e. The van der Waals surface area contributed by atoms with E-state index in [1.807, 2.05) is 24.3 Å². The number of anilines is 2. The first-order chi connectivity index (χ1) is 18.4. The van der Waals surface area contributed by atoms with Gasteiger partial charge in [-0.25, -0.2) is 4.90 Å². The first kappa shape index (κ1) is 28.2. The van der Waals surface area contributed by atoms with E-state index in [4.69, 9.17) is 33.7 Å². The lowest BCUT2D eigenvalue weighted by Gasteiger charge is -2.36. The zero-order chi connectivity index (χ0) is 27.1. The van der Waals surface area contributed by atoms with Gasteiger partial charge in [0.1, 0.15) is 5.75 Å². The molecule has 2 aliphatic heterocycles. The molecule has 0 aliphatic carbocycles. The zero-order valence-electron chi connectivity index (χ0n) is 21.3. The molecule has 2 heterocycles. The van der Waals surface area contributed by atoms with Crippen LogP contribution < -0.4 is 25.6 Å². The molecule has 2 aliphatic rings. The maximum atomic E-state index is 12.7. The number of nitrogens with two attached hydrogens (primary N) is 1. The van der Waals surface area contributed by atoms with Crippen LogP contribution in [-0.4, -0.2) is 75.0 Å². The highest BCUT2D eigenvalue weighted by molar-refractivity contribution is 6.43. The summed E-state index contributed by atoms with van der Waals surface area (Å²) in [5.74, 6) is -0.631. The van der Waals surface area contributed by atoms with Crippen molar-refractivity contribution in [3.63, 3.8) is 0 Å². The number of hydrogen-bond donors (Lipinski definition) is 2. The van der Waals surface area contributed by atoms with E-state index in [1.165, 1.54) is 0 Å². The summed E-state index contributed by atoms with van der Waals surface area (Å²) in [6, 6.07) is 11.2. The number of rotatable bonds is 10. The minimum atomic E-state index is -0.493. The Labute approximate surface area is 232 Å². The molecule has 0 bridgehead atoms. The van der Waals surface area contributed by atoms with E-state index < -0.39 is 11.8 Å². The van der Waals surface area contributed by atoms with Gasteiger partial charge in [-0.2, -0.15) is 0 Å². The Balaban J connectivity index is 1.22. The number of imide groups is 1. The summed E-state index contributed by atoms with van der Waals surface area (Å²) < 4.78 is 5.95. The maximum absolute atomic E-state index is 12.7. The monoisotopic (exact) mass is 561 g/mol. The van der Waals surface area contributed by atoms with E-state index in [0.717, 1.165) is 61.7 Å². The summed E-state index contributed by atoms with van der Waals surface area (Å²) in [5.41, 5.74) is 7.67. The summed E-state index contributed by atoms with van der Waals surface area (Å²) in [6.45, 7) is 4.72. The lowest BCUT2D eigenvalue weighted by Crippen LogP contribution is -2.46. The van der Waals surface area contributed by atoms with Crippen LogP contribution in [0.5, 0.6) is 5.75 Å². The van der Waals surface area contributed by atoms with E-state index in [2.05, 4.69) is 15.1 Å². The molecule has 38 heavy (non-hydrogen) atoms. The molecule has 3 amide bonds. The fourth-order valence-corrected chi connectivity index (χ4v) is 5.13. The average Bonchev–Trinajstić information content (AvgIpc) is 2.93. The lowest BCUT2D eigenvalue weighted by molar-refractivity contribution is -0.128. The molecule has 0 unspecified atom stereocenters. The average molecular weight is 562 g/mol. The van der Waals surface area contributed by atoms with Crippen molar-refractivity contribution in [2.45, 2.75) is 25.7 Å². The molecule has 0 radical (unpaired) electrons. The number of amides is 3. The van der Waals surface area contributed by atoms with Gasteiger partial charge in [0.25, 0.3) is 5.91 Å². The summed E-state index contributed by atoms with van der Waals surface area (Å²) in [7, 11) is 0. The Bertz CT molecular complexity index is 1170. The number of hydrogen-bond acceptors (Lipinski definition) is 7. The molecule has 0 spiro atoms. The number of fused-ring (bicyclic) bond motifs is 1. The van der Waals surface area contributed by atoms with Crippen molar-refractivity contribution in [3.05, 3.63) is 52.0 Å². The molecule has 1 fully saturated rings. The second-order valence-corrected chi connectivity index (χ2v) is 10.1. The van der Waals surface area contributed by atoms with Crippen molar-refractivity contribution in [2.75, 3.05) is 62.2 Å². The maximum Gasteiger partial charge on any atom is 0.253 e. The van der Waals surface area contributed by atoms with Gasteiger partial charge in [0.15, 0.2) is 0 Å². The van der Waals surface area contributed by atoms with Crippen LogP contribution in [0.4, 0.5) is 11.4 Å². The summed E-state index contributed by atoms with van der Waals surface area (Å²) in [6.07, 6.45) is 2.67. The molecular weight excluding hydrogens is 529 g/mol. The highest BCUT2D eigenvalue weighted by atomic mass is 35.5. The predicted octanol–water partition coefficient (Wildman–Crippen LogP) is 2.86. The number of halogens is 2. The van der Waals surface area contributed by atoms with Crippen molar-refractivity contribution in [3.8, 4) is 5.75 Å². The lowest BCUT2D eigenvalue weighted by atomic mass is 10.0. The summed E-state index contributed by atoms with van der Waals surface area (Å²) in [4.78, 5) is 42.5. The van der Waals surface area contributed by atoms with E-state index in [0.29, 0.717) is 34.5 Å². The Hall–Kier alpha value is -2.85. The Morgan fingerprint density at radius 3 is 2.55 bits per heavy atom. The van der Waals surface area contributed by atoms with Crippen LogP contribution in [0.15, 0.2) is 36.4 Å². The van der Waals surface area contributed by atoms with Gasteiger partial charge in [-0.3, -0.25) is 19.3 Å². The van der Waals surface area contributed by atoms with Gasteiger partial charge in [-0.1, -0.05) is 35.3 Å². The number of nitrogens with zero attached hydrogens (tertiary/aromatic N) is 3. The normalized spacial score (nSPS) is 15.8. The van der Waals surface area contributed by atoms with Gasteiger partial charge in [-0.05, 0) is 49.6 Å². The first-order valence-corrected chi connectivity index (χ1v) is 13.6. The highest BCUT2D eigenvalue weighted by Gasteiger charge is 2.30. The molecule has 4 rings (SSSR count). The molecular formula is C27H33Cl2N5O4. The molecule has 1 saturated heterocycles. The molecule has 9 nitrogen and oxygen atoms in total. The molecule has 3 N–H and O–H groups in total. The molecule has 2 aromatic carbocycles. The van der Waals surface area contributed by atoms with Gasteiger partial charge in [0.05, 0.1) is 41.1 Å². The number of aryl methyl sites for hydroxylation is 1. The van der Waals surface area contributed by atoms with E-state index in [-0.39, 0.29) is 25.4 Å². The largest absolute Gasteiger partial charge is 0.494 e. The minimum Gasteiger partial charge on any atom is -0.494 e. The van der Waals surface area contributed by atoms with Gasteiger partial charge in [0.2, 0.25) is 11.8 Å². The number of benzene rings is 2. The second-order valence-electron chi connectivity index (χ2n) is 9.35. The van der Waals surface area contributed by atoms with Crippen molar-refractivity contribution in [2.24, 2.45) is 5.73 Å². The number of piperazine rings is 1. The van der Waals surface area contributed by atoms with Crippen LogP contribution >= 0.6 is 23.2 Å². The van der Waals surface area contributed by atoms with Crippen molar-refractivity contribution in [1.29, 1.82) is 0 Å². The number of carbonyl (C=O) groups excluding carboxylic acids is 3. The number of unbranched alkanes of at least 4 members (excludes halogenated alkanes) is 1. The Kier molecular flexibility index (Phi) is 9.85. The minimum absolute atomic E-state index is 0.218. The van der Waals surface area contributed by atoms with Crippen LogP contribution in [0.25, 0.3) is 0 Å². The Morgan fingerprint density at radius 2 is 1.79 bits per heavy atom. The molecule has 0 aromatic heterocycles. The number of carbonyl (C=O) groups is 3. The van der Waals surface area contributed by atoms with Crippen LogP contribution in [-0.2, 0) is 20.8 Å². The first-order valence-electron chi connectivity index (χ1n) is 12.9. The third-order valence-corrected chi connectivity index (χ3v) is 7.62. The standard InChI is InChI=1S/C27H33Cl2N5O4/c28-21-4-3-5-22(27(21)29)33-13-11-32(12-14-33)10-1-2-15-38-20-8-6-19-7-9-25(36)34(23(19)16-20)26(37)18-31-24(35)17-30/h3-6,8,16H,1-2,7,9-15,17-18,30H2,(H,31,35). The molecule has 0 saturated carbocycles. The van der Waals surface area contributed by atoms with Gasteiger partial charge < -0.3 is 20.7 Å². The molecule has 204 valence electrons. The number of nitrogens with one attached hydrogen (secondary N) is 1. The Morgan fingerprint density at radius 1 is 1.00 bits per heavy atom. The highest BCUT2D eigenvalue weighted by Crippen LogP contribution is 2.33.